The summed E-state index contributed by atoms with van der Waals surface area (Å²) in [5, 5.41) is 22.7. The van der Waals surface area contributed by atoms with Gasteiger partial charge in [-0.05, 0) is 54.1 Å². The normalized spacial score (nSPS) is 15.9. The highest BCUT2D eigenvalue weighted by molar-refractivity contribution is 8.19. The van der Waals surface area contributed by atoms with E-state index in [2.05, 4.69) is 11.4 Å². The first-order valence-corrected chi connectivity index (χ1v) is 14.5. The molecule has 2 aliphatic rings. The monoisotopic (exact) mass is 609 g/mol. The first-order valence-electron chi connectivity index (χ1n) is 12.8. The summed E-state index contributed by atoms with van der Waals surface area (Å²) in [5.41, 5.74) is 4.33. The number of carbonyl (C=O) groups excluding carboxylic acids is 1. The van der Waals surface area contributed by atoms with E-state index >= 15 is 0 Å². The highest BCUT2D eigenvalue weighted by Gasteiger charge is 2.37. The lowest BCUT2D eigenvalue weighted by Gasteiger charge is -2.19. The molecule has 11 heteroatoms. The number of amidine groups is 1. The summed E-state index contributed by atoms with van der Waals surface area (Å²) in [6, 6.07) is 25.2. The zero-order valence-electron chi connectivity index (χ0n) is 23.3. The van der Waals surface area contributed by atoms with Gasteiger partial charge < -0.3 is 10.2 Å². The second kappa shape index (κ2) is 15.7. The van der Waals surface area contributed by atoms with E-state index in [0.717, 1.165) is 45.8 Å². The van der Waals surface area contributed by atoms with Crippen LogP contribution in [0, 0.1) is 16.7 Å². The molecule has 3 aromatic rings. The molecule has 3 aromatic carbocycles. The maximum Gasteiger partial charge on any atom is 0.269 e. The maximum atomic E-state index is 13.0. The van der Waals surface area contributed by atoms with Crippen molar-refractivity contribution in [1.29, 1.82) is 10.7 Å². The topological polar surface area (TPSA) is 83.2 Å². The predicted molar refractivity (Wildman–Crippen MR) is 166 cm³/mol. The van der Waals surface area contributed by atoms with Gasteiger partial charge in [-0.3, -0.25) is 19.5 Å². The van der Waals surface area contributed by atoms with E-state index in [-0.39, 0.29) is 16.6 Å². The van der Waals surface area contributed by atoms with Gasteiger partial charge in [0.2, 0.25) is 0 Å². The third-order valence-electron chi connectivity index (χ3n) is 6.06. The molecular weight excluding hydrogens is 580 g/mol. The zero-order valence-corrected chi connectivity index (χ0v) is 24.9. The van der Waals surface area contributed by atoms with Crippen molar-refractivity contribution in [1.82, 2.24) is 9.80 Å². The molecule has 218 valence electrons. The van der Waals surface area contributed by atoms with Gasteiger partial charge in [0, 0.05) is 30.3 Å². The Labute approximate surface area is 252 Å². The molecule has 0 radical (unpaired) electrons. The minimum absolute atomic E-state index is 0.0206. The Balaban J connectivity index is 0.000000313. The fourth-order valence-electron chi connectivity index (χ4n) is 3.97. The van der Waals surface area contributed by atoms with Gasteiger partial charge in [-0.15, -0.1) is 0 Å². The number of thioether (sulfide) groups is 2. The molecule has 2 N–H and O–H groups in total. The van der Waals surface area contributed by atoms with Crippen molar-refractivity contribution in [3.05, 3.63) is 116 Å². The van der Waals surface area contributed by atoms with Gasteiger partial charge in [0.05, 0.1) is 36.1 Å². The number of nitrogens with one attached hydrogen (secondary N) is 2. The van der Waals surface area contributed by atoms with Crippen LogP contribution in [0.3, 0.4) is 0 Å². The molecule has 1 amide bonds. The second-order valence-corrected chi connectivity index (χ2v) is 10.6. The van der Waals surface area contributed by atoms with Gasteiger partial charge in [-0.25, -0.2) is 8.78 Å². The van der Waals surface area contributed by atoms with Crippen LogP contribution in [-0.2, 0) is 11.3 Å². The van der Waals surface area contributed by atoms with Crippen LogP contribution >= 0.6 is 23.5 Å². The first-order chi connectivity index (χ1) is 20.3. The number of hydrogen-bond acceptors (Lipinski definition) is 7. The summed E-state index contributed by atoms with van der Waals surface area (Å²) in [4.78, 5) is 16.8. The Kier molecular flexibility index (Phi) is 12.1. The number of alkyl halides is 3. The molecule has 1 saturated heterocycles. The number of carbonyl (C=O) groups is 1. The average Bonchev–Trinajstić information content (AvgIpc) is 3.53. The van der Waals surface area contributed by atoms with E-state index < -0.39 is 6.43 Å². The van der Waals surface area contributed by atoms with E-state index in [9.17, 15) is 18.0 Å². The Bertz CT molecular complexity index is 1470. The molecule has 2 heterocycles. The Morgan fingerprint density at radius 1 is 1.00 bits per heavy atom. The van der Waals surface area contributed by atoms with Crippen molar-refractivity contribution in [2.45, 2.75) is 19.9 Å². The van der Waals surface area contributed by atoms with Crippen LogP contribution in [0.5, 0.6) is 0 Å². The molecule has 0 aromatic heterocycles. The highest BCUT2D eigenvalue weighted by atomic mass is 32.2. The Hall–Kier alpha value is -4.14. The van der Waals surface area contributed by atoms with Crippen molar-refractivity contribution in [3.8, 4) is 6.07 Å². The quantitative estimate of drug-likeness (QED) is 0.275. The fraction of sp³-hybridized carbons (Fsp3) is 0.194. The van der Waals surface area contributed by atoms with Gasteiger partial charge in [0.1, 0.15) is 4.91 Å². The van der Waals surface area contributed by atoms with Crippen LogP contribution in [0.15, 0.2) is 94.2 Å². The van der Waals surface area contributed by atoms with Gasteiger partial charge in [0.25, 0.3) is 12.3 Å². The number of anilines is 1. The van der Waals surface area contributed by atoms with Crippen LogP contribution in [0.25, 0.3) is 5.70 Å². The molecule has 0 atom stereocenters. The van der Waals surface area contributed by atoms with Crippen molar-refractivity contribution in [2.75, 3.05) is 26.1 Å². The van der Waals surface area contributed by atoms with Crippen molar-refractivity contribution in [2.24, 2.45) is 0 Å². The SMILES string of the molecule is CCNc1ccc(C#N)cc1.CF.CN1C(c2ccc(C(F)F)cc2)=CS/C1=C1\SC(=N)N(Cc2ccccc2)C1=O. The van der Waals surface area contributed by atoms with Gasteiger partial charge >= 0.3 is 0 Å². The van der Waals surface area contributed by atoms with Crippen molar-refractivity contribution >= 4 is 46.0 Å². The average molecular weight is 610 g/mol. The lowest BCUT2D eigenvalue weighted by molar-refractivity contribution is -0.122. The van der Waals surface area contributed by atoms with Crippen LogP contribution in [0.2, 0.25) is 0 Å². The third kappa shape index (κ3) is 7.99. The first kappa shape index (κ1) is 32.4. The summed E-state index contributed by atoms with van der Waals surface area (Å²) in [7, 11) is 2.34. The standard InChI is InChI=1S/C21H17F2N3OS2.C9H10N2.CH3F/c1-25-16(14-7-9-15(10-8-14)18(22)23)12-28-20(25)17-19(27)26(21(24)29-17)11-13-5-3-2-4-6-13;1-2-11-9-5-3-8(7-10)4-6-9;1-2/h2-10,12,18,24H,11H2,1H3;3-6,11H,2H2,1H3;1H3/b20-17-,24-21?;;. The molecule has 0 saturated carbocycles. The summed E-state index contributed by atoms with van der Waals surface area (Å²) < 4.78 is 35.1. The lowest BCUT2D eigenvalue weighted by Crippen LogP contribution is -2.28. The summed E-state index contributed by atoms with van der Waals surface area (Å²) in [6.07, 6.45) is -2.50. The number of nitriles is 1. The minimum atomic E-state index is -2.50. The van der Waals surface area contributed by atoms with Crippen LogP contribution in [0.4, 0.5) is 18.9 Å². The molecule has 5 rings (SSSR count). The van der Waals surface area contributed by atoms with Crippen LogP contribution in [0.1, 0.15) is 35.6 Å². The number of nitrogens with zero attached hydrogens (tertiary/aromatic N) is 3. The molecule has 42 heavy (non-hydrogen) atoms. The number of amides is 1. The van der Waals surface area contributed by atoms with Gasteiger partial charge in [0.15, 0.2) is 5.17 Å². The summed E-state index contributed by atoms with van der Waals surface area (Å²) in [6.45, 7) is 3.30. The highest BCUT2D eigenvalue weighted by Crippen LogP contribution is 2.45. The predicted octanol–water partition coefficient (Wildman–Crippen LogP) is 8.06. The Morgan fingerprint density at radius 2 is 1.64 bits per heavy atom. The van der Waals surface area contributed by atoms with Crippen molar-refractivity contribution in [3.63, 3.8) is 0 Å². The third-order valence-corrected chi connectivity index (χ3v) is 8.22. The molecule has 1 fully saturated rings. The number of benzene rings is 3. The van der Waals surface area contributed by atoms with E-state index in [0.29, 0.717) is 24.2 Å². The molecule has 0 aliphatic carbocycles. The maximum absolute atomic E-state index is 13.0. The van der Waals surface area contributed by atoms with E-state index in [1.165, 1.54) is 28.8 Å². The molecule has 6 nitrogen and oxygen atoms in total. The molecule has 2 aliphatic heterocycles. The van der Waals surface area contributed by atoms with E-state index in [4.69, 9.17) is 10.7 Å². The number of rotatable bonds is 6. The molecule has 0 unspecified atom stereocenters. The summed E-state index contributed by atoms with van der Waals surface area (Å²) >= 11 is 2.56. The van der Waals surface area contributed by atoms with Gasteiger partial charge in [-0.1, -0.05) is 66.4 Å². The van der Waals surface area contributed by atoms with Crippen LogP contribution in [-0.4, -0.2) is 41.6 Å². The van der Waals surface area contributed by atoms with Gasteiger partial charge in [-0.2, -0.15) is 5.26 Å². The zero-order chi connectivity index (χ0) is 30.6. The molecule has 0 bridgehead atoms. The second-order valence-electron chi connectivity index (χ2n) is 8.74. The van der Waals surface area contributed by atoms with Crippen LogP contribution < -0.4 is 5.32 Å². The number of hydrogen-bond donors (Lipinski definition) is 2. The largest absolute Gasteiger partial charge is 0.385 e. The van der Waals surface area contributed by atoms with E-state index in [1.54, 1.807) is 24.3 Å². The minimum Gasteiger partial charge on any atom is -0.385 e. The molecular formula is C31H30F3N5OS2. The Morgan fingerprint density at radius 3 is 2.21 bits per heavy atom. The molecule has 0 spiro atoms. The smallest absolute Gasteiger partial charge is 0.269 e. The lowest BCUT2D eigenvalue weighted by atomic mass is 10.1. The fourth-order valence-corrected chi connectivity index (χ4v) is 6.08. The number of halogens is 3. The summed E-state index contributed by atoms with van der Waals surface area (Å²) in [5.74, 6) is -0.194. The van der Waals surface area contributed by atoms with Crippen molar-refractivity contribution < 1.29 is 18.0 Å². The van der Waals surface area contributed by atoms with E-state index in [1.807, 2.05) is 66.7 Å².